The second-order valence-electron chi connectivity index (χ2n) is 6.04. The molecular formula is C21H14INS. The van der Waals surface area contributed by atoms with Gasteiger partial charge in [0.05, 0.1) is 16.6 Å². The van der Waals surface area contributed by atoms with E-state index in [4.69, 9.17) is 0 Å². The molecule has 0 radical (unpaired) electrons. The van der Waals surface area contributed by atoms with Crippen molar-refractivity contribution in [3.8, 4) is 11.1 Å². The van der Waals surface area contributed by atoms with E-state index in [0.717, 1.165) is 0 Å². The van der Waals surface area contributed by atoms with Crippen LogP contribution >= 0.6 is 33.9 Å². The van der Waals surface area contributed by atoms with Crippen molar-refractivity contribution in [2.24, 2.45) is 0 Å². The van der Waals surface area contributed by atoms with Crippen LogP contribution in [0, 0.1) is 10.5 Å². The predicted octanol–water partition coefficient (Wildman–Crippen LogP) is 6.89. The number of benzene rings is 2. The van der Waals surface area contributed by atoms with Crippen molar-refractivity contribution in [3.63, 3.8) is 0 Å². The van der Waals surface area contributed by atoms with Crippen molar-refractivity contribution in [2.45, 2.75) is 6.92 Å². The van der Waals surface area contributed by atoms with Gasteiger partial charge in [0.1, 0.15) is 0 Å². The zero-order chi connectivity index (χ0) is 16.3. The molecule has 2 aromatic carbocycles. The lowest BCUT2D eigenvalue weighted by Gasteiger charge is -2.13. The first-order chi connectivity index (χ1) is 11.8. The molecule has 0 atom stereocenters. The number of aryl methyl sites for hydroxylation is 1. The van der Waals surface area contributed by atoms with Gasteiger partial charge in [-0.1, -0.05) is 36.4 Å². The zero-order valence-corrected chi connectivity index (χ0v) is 16.1. The SMILES string of the molecule is Cc1c2ccccc2n2c1c(-c1ccsc1)c(I)c1ccccc12. The molecule has 0 saturated heterocycles. The summed E-state index contributed by atoms with van der Waals surface area (Å²) < 4.78 is 3.77. The van der Waals surface area contributed by atoms with E-state index in [2.05, 4.69) is 99.3 Å². The third kappa shape index (κ3) is 1.85. The second-order valence-corrected chi connectivity index (χ2v) is 7.90. The molecule has 3 heterocycles. The molecule has 116 valence electrons. The van der Waals surface area contributed by atoms with E-state index < -0.39 is 0 Å². The molecule has 0 N–H and O–H groups in total. The molecule has 3 heteroatoms. The highest BCUT2D eigenvalue weighted by atomic mass is 127. The maximum absolute atomic E-state index is 2.52. The molecule has 0 aliphatic rings. The third-order valence-electron chi connectivity index (χ3n) is 4.78. The number of aromatic nitrogens is 1. The Morgan fingerprint density at radius 1 is 0.875 bits per heavy atom. The van der Waals surface area contributed by atoms with Crippen LogP contribution in [0.1, 0.15) is 5.56 Å². The average Bonchev–Trinajstić information content (AvgIpc) is 3.24. The second kappa shape index (κ2) is 5.33. The van der Waals surface area contributed by atoms with Gasteiger partial charge in [-0.25, -0.2) is 0 Å². The summed E-state index contributed by atoms with van der Waals surface area (Å²) in [7, 11) is 0. The number of hydrogen-bond acceptors (Lipinski definition) is 1. The van der Waals surface area contributed by atoms with Crippen LogP contribution in [-0.4, -0.2) is 4.40 Å². The zero-order valence-electron chi connectivity index (χ0n) is 13.1. The molecule has 0 aliphatic heterocycles. The number of nitrogens with zero attached hydrogens (tertiary/aromatic N) is 1. The third-order valence-corrected chi connectivity index (χ3v) is 6.58. The predicted molar refractivity (Wildman–Crippen MR) is 113 cm³/mol. The Labute approximate surface area is 157 Å². The number of rotatable bonds is 1. The molecule has 0 aliphatic carbocycles. The Balaban J connectivity index is 2.17. The highest BCUT2D eigenvalue weighted by molar-refractivity contribution is 14.1. The maximum Gasteiger partial charge on any atom is 0.0587 e. The number of para-hydroxylation sites is 2. The normalized spacial score (nSPS) is 11.8. The summed E-state index contributed by atoms with van der Waals surface area (Å²) >= 11 is 4.28. The number of thiophene rings is 1. The maximum atomic E-state index is 2.52. The van der Waals surface area contributed by atoms with Crippen molar-refractivity contribution in [2.75, 3.05) is 0 Å². The fraction of sp³-hybridized carbons (Fsp3) is 0.0476. The van der Waals surface area contributed by atoms with Crippen LogP contribution in [0.25, 0.3) is 38.4 Å². The van der Waals surface area contributed by atoms with Crippen molar-refractivity contribution in [1.82, 2.24) is 4.40 Å². The molecule has 0 fully saturated rings. The van der Waals surface area contributed by atoms with E-state index in [1.54, 1.807) is 11.3 Å². The topological polar surface area (TPSA) is 4.41 Å². The first kappa shape index (κ1) is 14.5. The van der Waals surface area contributed by atoms with Crippen molar-refractivity contribution in [1.29, 1.82) is 0 Å². The van der Waals surface area contributed by atoms with Gasteiger partial charge >= 0.3 is 0 Å². The summed E-state index contributed by atoms with van der Waals surface area (Å²) in [5, 5.41) is 7.06. The van der Waals surface area contributed by atoms with Gasteiger partial charge in [0.2, 0.25) is 0 Å². The van der Waals surface area contributed by atoms with Crippen LogP contribution in [0.4, 0.5) is 0 Å². The van der Waals surface area contributed by atoms with Crippen LogP contribution in [0.3, 0.4) is 0 Å². The number of pyridine rings is 1. The van der Waals surface area contributed by atoms with Gasteiger partial charge in [0, 0.05) is 19.9 Å². The standard InChI is InChI=1S/C21H14INS/c1-13-15-6-2-4-8-17(15)23-18-9-5-3-7-16(18)20(22)19(21(13)23)14-10-11-24-12-14/h2-12H,1H3. The van der Waals surface area contributed by atoms with E-state index in [1.165, 1.54) is 47.6 Å². The lowest BCUT2D eigenvalue weighted by atomic mass is 10.0. The minimum Gasteiger partial charge on any atom is -0.308 e. The highest BCUT2D eigenvalue weighted by Gasteiger charge is 2.19. The van der Waals surface area contributed by atoms with Crippen LogP contribution in [0.15, 0.2) is 65.4 Å². The van der Waals surface area contributed by atoms with E-state index in [9.17, 15) is 0 Å². The van der Waals surface area contributed by atoms with Gasteiger partial charge in [0.15, 0.2) is 0 Å². The van der Waals surface area contributed by atoms with Crippen molar-refractivity contribution >= 4 is 61.3 Å². The van der Waals surface area contributed by atoms with Gasteiger partial charge in [-0.15, -0.1) is 0 Å². The molecule has 0 amide bonds. The molecule has 1 nitrogen and oxygen atoms in total. The van der Waals surface area contributed by atoms with E-state index >= 15 is 0 Å². The van der Waals surface area contributed by atoms with Crippen molar-refractivity contribution < 1.29 is 0 Å². The summed E-state index contributed by atoms with van der Waals surface area (Å²) in [6.45, 7) is 2.25. The molecule has 5 rings (SSSR count). The quantitative estimate of drug-likeness (QED) is 0.251. The fourth-order valence-electron chi connectivity index (χ4n) is 3.71. The Hall–Kier alpha value is -1.85. The summed E-state index contributed by atoms with van der Waals surface area (Å²) in [4.78, 5) is 0. The van der Waals surface area contributed by atoms with Crippen LogP contribution in [-0.2, 0) is 0 Å². The van der Waals surface area contributed by atoms with Crippen LogP contribution in [0.5, 0.6) is 0 Å². The van der Waals surface area contributed by atoms with E-state index in [-0.39, 0.29) is 0 Å². The molecule has 0 spiro atoms. The van der Waals surface area contributed by atoms with Crippen LogP contribution < -0.4 is 0 Å². The van der Waals surface area contributed by atoms with Crippen LogP contribution in [0.2, 0.25) is 0 Å². The van der Waals surface area contributed by atoms with Gasteiger partial charge in [-0.2, -0.15) is 11.3 Å². The fourth-order valence-corrected chi connectivity index (χ4v) is 5.38. The monoisotopic (exact) mass is 439 g/mol. The number of hydrogen-bond donors (Lipinski definition) is 0. The Morgan fingerprint density at radius 2 is 1.54 bits per heavy atom. The lowest BCUT2D eigenvalue weighted by Crippen LogP contribution is -1.95. The first-order valence-electron chi connectivity index (χ1n) is 7.90. The van der Waals surface area contributed by atoms with Gasteiger partial charge in [-0.3, -0.25) is 0 Å². The Kier molecular flexibility index (Phi) is 3.22. The van der Waals surface area contributed by atoms with Gasteiger partial charge in [-0.05, 0) is 69.6 Å². The Morgan fingerprint density at radius 3 is 2.25 bits per heavy atom. The smallest absolute Gasteiger partial charge is 0.0587 e. The summed E-state index contributed by atoms with van der Waals surface area (Å²) in [6, 6.07) is 19.7. The molecule has 0 bridgehead atoms. The van der Waals surface area contributed by atoms with Gasteiger partial charge < -0.3 is 4.40 Å². The highest BCUT2D eigenvalue weighted by Crippen LogP contribution is 2.41. The van der Waals surface area contributed by atoms with Crippen molar-refractivity contribution in [3.05, 3.63) is 74.5 Å². The largest absolute Gasteiger partial charge is 0.308 e. The minimum absolute atomic E-state index is 1.28. The number of halogens is 1. The summed E-state index contributed by atoms with van der Waals surface area (Å²) in [5.74, 6) is 0. The van der Waals surface area contributed by atoms with E-state index in [0.29, 0.717) is 0 Å². The summed E-state index contributed by atoms with van der Waals surface area (Å²) in [5.41, 5.74) is 7.91. The molecule has 0 unspecified atom stereocenters. The Bertz CT molecular complexity index is 1220. The molecular weight excluding hydrogens is 425 g/mol. The minimum atomic E-state index is 1.28. The number of fused-ring (bicyclic) bond motifs is 5. The lowest BCUT2D eigenvalue weighted by molar-refractivity contribution is 1.32. The molecule has 3 aromatic heterocycles. The summed E-state index contributed by atoms with van der Waals surface area (Å²) in [6.07, 6.45) is 0. The molecule has 24 heavy (non-hydrogen) atoms. The molecule has 5 aromatic rings. The van der Waals surface area contributed by atoms with E-state index in [1.807, 2.05) is 0 Å². The van der Waals surface area contributed by atoms with Gasteiger partial charge in [0.25, 0.3) is 0 Å². The molecule has 0 saturated carbocycles. The average molecular weight is 439 g/mol. The first-order valence-corrected chi connectivity index (χ1v) is 9.92.